The van der Waals surface area contributed by atoms with Crippen molar-refractivity contribution >= 4 is 5.52 Å². The highest BCUT2D eigenvalue weighted by Crippen LogP contribution is 2.11. The monoisotopic (exact) mass is 230 g/mol. The second-order valence-corrected chi connectivity index (χ2v) is 4.72. The predicted molar refractivity (Wildman–Crippen MR) is 68.1 cm³/mol. The van der Waals surface area contributed by atoms with Crippen LogP contribution in [0.25, 0.3) is 5.52 Å². The number of piperazine rings is 1. The maximum atomic E-state index is 4.39. The highest BCUT2D eigenvalue weighted by atomic mass is 15.2. The first-order valence-corrected chi connectivity index (χ1v) is 6.19. The molecule has 0 saturated carbocycles. The van der Waals surface area contributed by atoms with E-state index >= 15 is 0 Å². The maximum absolute atomic E-state index is 4.39. The van der Waals surface area contributed by atoms with E-state index in [1.165, 1.54) is 11.1 Å². The number of pyridine rings is 1. The van der Waals surface area contributed by atoms with Crippen molar-refractivity contribution in [2.75, 3.05) is 26.2 Å². The summed E-state index contributed by atoms with van der Waals surface area (Å²) >= 11 is 0. The van der Waals surface area contributed by atoms with E-state index in [4.69, 9.17) is 0 Å². The van der Waals surface area contributed by atoms with Crippen molar-refractivity contribution < 1.29 is 0 Å². The van der Waals surface area contributed by atoms with Crippen molar-refractivity contribution in [3.63, 3.8) is 0 Å². The van der Waals surface area contributed by atoms with Crippen molar-refractivity contribution in [1.82, 2.24) is 19.8 Å². The van der Waals surface area contributed by atoms with E-state index in [1.54, 1.807) is 0 Å². The lowest BCUT2D eigenvalue weighted by atomic mass is 10.2. The van der Waals surface area contributed by atoms with Crippen LogP contribution in [0.2, 0.25) is 0 Å². The SMILES string of the molecule is Cc1cc2cc(CN3CCNCC3)ccn2n1. The van der Waals surface area contributed by atoms with E-state index < -0.39 is 0 Å². The van der Waals surface area contributed by atoms with Gasteiger partial charge in [-0.1, -0.05) is 0 Å². The van der Waals surface area contributed by atoms with Gasteiger partial charge in [0.05, 0.1) is 11.2 Å². The topological polar surface area (TPSA) is 32.6 Å². The first kappa shape index (κ1) is 10.7. The summed E-state index contributed by atoms with van der Waals surface area (Å²) in [4.78, 5) is 2.49. The smallest absolute Gasteiger partial charge is 0.0667 e. The molecule has 17 heavy (non-hydrogen) atoms. The number of hydrogen-bond donors (Lipinski definition) is 1. The summed E-state index contributed by atoms with van der Waals surface area (Å²) in [6.45, 7) is 7.57. The normalized spacial score (nSPS) is 17.7. The van der Waals surface area contributed by atoms with E-state index in [0.29, 0.717) is 0 Å². The quantitative estimate of drug-likeness (QED) is 0.837. The fourth-order valence-electron chi connectivity index (χ4n) is 2.39. The minimum Gasteiger partial charge on any atom is -0.314 e. The largest absolute Gasteiger partial charge is 0.314 e. The molecule has 90 valence electrons. The van der Waals surface area contributed by atoms with Gasteiger partial charge in [-0.3, -0.25) is 4.90 Å². The third-order valence-corrected chi connectivity index (χ3v) is 3.27. The summed E-state index contributed by atoms with van der Waals surface area (Å²) < 4.78 is 1.94. The van der Waals surface area contributed by atoms with Crippen LogP contribution >= 0.6 is 0 Å². The van der Waals surface area contributed by atoms with Crippen molar-refractivity contribution in [3.8, 4) is 0 Å². The number of aromatic nitrogens is 2. The molecule has 1 N–H and O–H groups in total. The Kier molecular flexibility index (Phi) is 2.82. The Morgan fingerprint density at radius 1 is 1.29 bits per heavy atom. The Morgan fingerprint density at radius 2 is 2.12 bits per heavy atom. The van der Waals surface area contributed by atoms with Crippen LogP contribution in [0.15, 0.2) is 24.4 Å². The van der Waals surface area contributed by atoms with Crippen LogP contribution in [0.1, 0.15) is 11.3 Å². The molecule has 2 aromatic heterocycles. The van der Waals surface area contributed by atoms with Crippen LogP contribution in [-0.4, -0.2) is 40.7 Å². The minimum absolute atomic E-state index is 1.04. The van der Waals surface area contributed by atoms with Crippen LogP contribution in [-0.2, 0) is 6.54 Å². The van der Waals surface area contributed by atoms with Gasteiger partial charge in [-0.2, -0.15) is 5.10 Å². The number of nitrogens with one attached hydrogen (secondary N) is 1. The molecule has 2 aromatic rings. The molecular weight excluding hydrogens is 212 g/mol. The molecule has 1 aliphatic heterocycles. The number of hydrogen-bond acceptors (Lipinski definition) is 3. The molecule has 4 heteroatoms. The van der Waals surface area contributed by atoms with Gasteiger partial charge in [-0.15, -0.1) is 0 Å². The van der Waals surface area contributed by atoms with E-state index in [1.807, 2.05) is 11.4 Å². The van der Waals surface area contributed by atoms with Gasteiger partial charge in [0.2, 0.25) is 0 Å². The van der Waals surface area contributed by atoms with Crippen molar-refractivity contribution in [2.24, 2.45) is 0 Å². The van der Waals surface area contributed by atoms with Crippen LogP contribution in [0.3, 0.4) is 0 Å². The zero-order valence-electron chi connectivity index (χ0n) is 10.2. The lowest BCUT2D eigenvalue weighted by Crippen LogP contribution is -2.42. The number of nitrogens with zero attached hydrogens (tertiary/aromatic N) is 3. The van der Waals surface area contributed by atoms with Gasteiger partial charge in [0, 0.05) is 38.9 Å². The first-order valence-electron chi connectivity index (χ1n) is 6.19. The van der Waals surface area contributed by atoms with Gasteiger partial charge < -0.3 is 5.32 Å². The average molecular weight is 230 g/mol. The molecule has 0 atom stereocenters. The third kappa shape index (κ3) is 2.33. The fourth-order valence-corrected chi connectivity index (χ4v) is 2.39. The molecule has 0 unspecified atom stereocenters. The van der Waals surface area contributed by atoms with Gasteiger partial charge in [0.1, 0.15) is 0 Å². The van der Waals surface area contributed by atoms with Crippen molar-refractivity contribution in [1.29, 1.82) is 0 Å². The summed E-state index contributed by atoms with van der Waals surface area (Å²) in [5.74, 6) is 0. The lowest BCUT2D eigenvalue weighted by molar-refractivity contribution is 0.233. The summed E-state index contributed by atoms with van der Waals surface area (Å²) in [5.41, 5.74) is 3.64. The Labute approximate surface area is 101 Å². The van der Waals surface area contributed by atoms with Crippen LogP contribution in [0, 0.1) is 6.92 Å². The summed E-state index contributed by atoms with van der Waals surface area (Å²) in [5, 5.41) is 7.77. The van der Waals surface area contributed by atoms with Crippen molar-refractivity contribution in [3.05, 3.63) is 35.7 Å². The summed E-state index contributed by atoms with van der Waals surface area (Å²) in [6, 6.07) is 6.53. The summed E-state index contributed by atoms with van der Waals surface area (Å²) in [6.07, 6.45) is 2.06. The molecule has 0 aromatic carbocycles. The first-order chi connectivity index (χ1) is 8.31. The molecule has 0 bridgehead atoms. The Hall–Kier alpha value is -1.39. The minimum atomic E-state index is 1.04. The second kappa shape index (κ2) is 4.47. The molecule has 0 spiro atoms. The molecule has 1 saturated heterocycles. The lowest BCUT2D eigenvalue weighted by Gasteiger charge is -2.27. The number of fused-ring (bicyclic) bond motifs is 1. The molecule has 4 nitrogen and oxygen atoms in total. The maximum Gasteiger partial charge on any atom is 0.0667 e. The molecule has 3 rings (SSSR count). The van der Waals surface area contributed by atoms with Gasteiger partial charge >= 0.3 is 0 Å². The van der Waals surface area contributed by atoms with Gasteiger partial charge in [0.25, 0.3) is 0 Å². The van der Waals surface area contributed by atoms with Crippen LogP contribution in [0.4, 0.5) is 0 Å². The average Bonchev–Trinajstić information content (AvgIpc) is 2.70. The molecule has 0 aliphatic carbocycles. The molecular formula is C13H18N4. The van der Waals surface area contributed by atoms with Crippen molar-refractivity contribution in [2.45, 2.75) is 13.5 Å². The molecule has 3 heterocycles. The zero-order valence-corrected chi connectivity index (χ0v) is 10.2. The van der Waals surface area contributed by atoms with Gasteiger partial charge in [-0.25, -0.2) is 4.52 Å². The van der Waals surface area contributed by atoms with E-state index in [0.717, 1.165) is 38.4 Å². The van der Waals surface area contributed by atoms with E-state index in [-0.39, 0.29) is 0 Å². The predicted octanol–water partition coefficient (Wildman–Crippen LogP) is 1.05. The van der Waals surface area contributed by atoms with E-state index in [9.17, 15) is 0 Å². The highest BCUT2D eigenvalue weighted by Gasteiger charge is 2.10. The summed E-state index contributed by atoms with van der Waals surface area (Å²) in [7, 11) is 0. The third-order valence-electron chi connectivity index (χ3n) is 3.27. The standard InChI is InChI=1S/C13H18N4/c1-11-8-13-9-12(2-5-17(13)15-11)10-16-6-3-14-4-7-16/h2,5,8-9,14H,3-4,6-7,10H2,1H3. The fraction of sp³-hybridized carbons (Fsp3) is 0.462. The number of aryl methyl sites for hydroxylation is 1. The highest BCUT2D eigenvalue weighted by molar-refractivity contribution is 5.49. The second-order valence-electron chi connectivity index (χ2n) is 4.72. The van der Waals surface area contributed by atoms with Gasteiger partial charge in [0.15, 0.2) is 0 Å². The Balaban J connectivity index is 1.79. The van der Waals surface area contributed by atoms with Gasteiger partial charge in [-0.05, 0) is 30.7 Å². The Bertz CT molecular complexity index is 511. The van der Waals surface area contributed by atoms with Crippen LogP contribution in [0.5, 0.6) is 0 Å². The molecule has 1 fully saturated rings. The molecule has 0 radical (unpaired) electrons. The zero-order chi connectivity index (χ0) is 11.7. The van der Waals surface area contributed by atoms with Crippen LogP contribution < -0.4 is 5.32 Å². The number of rotatable bonds is 2. The Morgan fingerprint density at radius 3 is 2.94 bits per heavy atom. The van der Waals surface area contributed by atoms with E-state index in [2.05, 4.69) is 39.7 Å². The molecule has 1 aliphatic rings. The molecule has 0 amide bonds.